The number of fused-ring (bicyclic) bond motifs is 1. The van der Waals surface area contributed by atoms with Crippen molar-refractivity contribution in [1.82, 2.24) is 0 Å². The molecule has 168 valence electrons. The summed E-state index contributed by atoms with van der Waals surface area (Å²) in [5.74, 6) is 0.776. The molecule has 32 heavy (non-hydrogen) atoms. The highest BCUT2D eigenvalue weighted by molar-refractivity contribution is 7.91. The van der Waals surface area contributed by atoms with Crippen molar-refractivity contribution in [3.05, 3.63) is 64.4 Å². The quantitative estimate of drug-likeness (QED) is 0.454. The van der Waals surface area contributed by atoms with Crippen LogP contribution < -0.4 is 14.8 Å². The Morgan fingerprint density at radius 2 is 1.91 bits per heavy atom. The van der Waals surface area contributed by atoms with Gasteiger partial charge in [0.25, 0.3) is 0 Å². The van der Waals surface area contributed by atoms with E-state index in [9.17, 15) is 13.2 Å². The van der Waals surface area contributed by atoms with Gasteiger partial charge in [-0.2, -0.15) is 0 Å². The number of thiophene rings is 1. The van der Waals surface area contributed by atoms with Gasteiger partial charge in [0.1, 0.15) is 4.90 Å². The molecule has 1 amide bonds. The number of amides is 1. The SMILES string of the molecule is CCCCOc1ccc([C@@H]2CC(=O)Nc3c(S(=O)(=O)c4ccccc4)csc32)cc1OC. The summed E-state index contributed by atoms with van der Waals surface area (Å²) in [4.78, 5) is 13.7. The van der Waals surface area contributed by atoms with Gasteiger partial charge < -0.3 is 14.8 Å². The molecule has 3 aromatic rings. The van der Waals surface area contributed by atoms with E-state index in [0.717, 1.165) is 23.3 Å². The van der Waals surface area contributed by atoms with Crippen LogP contribution in [0.4, 0.5) is 5.69 Å². The summed E-state index contributed by atoms with van der Waals surface area (Å²) in [5, 5.41) is 4.41. The maximum atomic E-state index is 13.2. The molecule has 0 bridgehead atoms. The Morgan fingerprint density at radius 3 is 2.62 bits per heavy atom. The standard InChI is InChI=1S/C24H25NO5S2/c1-3-4-12-30-19-11-10-16(13-20(19)29-2)18-14-22(26)25-23-21(15-31-24(18)23)32(27,28)17-8-6-5-7-9-17/h5-11,13,15,18H,3-4,12,14H2,1-2H3,(H,25,26)/t18-/m0/s1. The Balaban J connectivity index is 1.72. The number of methoxy groups -OCH3 is 1. The van der Waals surface area contributed by atoms with Gasteiger partial charge in [-0.3, -0.25) is 4.79 Å². The van der Waals surface area contributed by atoms with Gasteiger partial charge >= 0.3 is 0 Å². The molecule has 2 heterocycles. The van der Waals surface area contributed by atoms with E-state index in [1.807, 2.05) is 18.2 Å². The van der Waals surface area contributed by atoms with Crippen LogP contribution >= 0.6 is 11.3 Å². The predicted molar refractivity (Wildman–Crippen MR) is 125 cm³/mol. The van der Waals surface area contributed by atoms with Crippen molar-refractivity contribution >= 4 is 32.8 Å². The van der Waals surface area contributed by atoms with Crippen LogP contribution in [-0.2, 0) is 14.6 Å². The molecule has 0 fully saturated rings. The number of ether oxygens (including phenoxy) is 2. The maximum Gasteiger partial charge on any atom is 0.225 e. The molecule has 0 saturated carbocycles. The van der Waals surface area contributed by atoms with Crippen molar-refractivity contribution in [2.24, 2.45) is 0 Å². The smallest absolute Gasteiger partial charge is 0.225 e. The molecular formula is C24H25NO5S2. The second-order valence-corrected chi connectivity index (χ2v) is 10.4. The minimum Gasteiger partial charge on any atom is -0.493 e. The summed E-state index contributed by atoms with van der Waals surface area (Å²) in [7, 11) is -2.16. The minimum absolute atomic E-state index is 0.133. The van der Waals surface area contributed by atoms with Crippen LogP contribution in [0.3, 0.4) is 0 Å². The van der Waals surface area contributed by atoms with Crippen LogP contribution in [0.2, 0.25) is 0 Å². The van der Waals surface area contributed by atoms with Gasteiger partial charge in [0, 0.05) is 22.6 Å². The summed E-state index contributed by atoms with van der Waals surface area (Å²) in [6.45, 7) is 2.70. The Hall–Kier alpha value is -2.84. The number of unbranched alkanes of at least 4 members (excludes halogenated alkanes) is 1. The van der Waals surface area contributed by atoms with E-state index in [-0.39, 0.29) is 28.0 Å². The van der Waals surface area contributed by atoms with Crippen LogP contribution in [0.5, 0.6) is 11.5 Å². The Morgan fingerprint density at radius 1 is 1.12 bits per heavy atom. The lowest BCUT2D eigenvalue weighted by atomic mass is 9.90. The van der Waals surface area contributed by atoms with Crippen LogP contribution in [0, 0.1) is 0 Å². The predicted octanol–water partition coefficient (Wildman–Crippen LogP) is 5.24. The lowest BCUT2D eigenvalue weighted by Gasteiger charge is -2.24. The topological polar surface area (TPSA) is 81.7 Å². The molecule has 8 heteroatoms. The first kappa shape index (κ1) is 22.4. The molecule has 1 aromatic heterocycles. The van der Waals surface area contributed by atoms with Gasteiger partial charge in [-0.05, 0) is 36.2 Å². The first-order valence-electron chi connectivity index (χ1n) is 10.5. The molecule has 0 unspecified atom stereocenters. The Kier molecular flexibility index (Phi) is 6.53. The van der Waals surface area contributed by atoms with E-state index in [1.165, 1.54) is 11.3 Å². The van der Waals surface area contributed by atoms with E-state index in [0.29, 0.717) is 23.8 Å². The average Bonchev–Trinajstić information content (AvgIpc) is 3.24. The third-order valence-electron chi connectivity index (χ3n) is 5.44. The fourth-order valence-electron chi connectivity index (χ4n) is 3.74. The highest BCUT2D eigenvalue weighted by atomic mass is 32.2. The second kappa shape index (κ2) is 9.34. The zero-order valence-electron chi connectivity index (χ0n) is 18.0. The number of rotatable bonds is 8. The summed E-state index contributed by atoms with van der Waals surface area (Å²) < 4.78 is 37.8. The fraction of sp³-hybridized carbons (Fsp3) is 0.292. The molecular weight excluding hydrogens is 446 g/mol. The summed E-state index contributed by atoms with van der Waals surface area (Å²) >= 11 is 1.35. The van der Waals surface area contributed by atoms with Crippen LogP contribution in [-0.4, -0.2) is 28.0 Å². The van der Waals surface area contributed by atoms with E-state index < -0.39 is 9.84 Å². The molecule has 0 aliphatic carbocycles. The second-order valence-electron chi connectivity index (χ2n) is 7.57. The van der Waals surface area contributed by atoms with Crippen molar-refractivity contribution in [2.75, 3.05) is 19.0 Å². The third kappa shape index (κ3) is 4.25. The van der Waals surface area contributed by atoms with Crippen molar-refractivity contribution < 1.29 is 22.7 Å². The van der Waals surface area contributed by atoms with Gasteiger partial charge in [-0.1, -0.05) is 37.6 Å². The van der Waals surface area contributed by atoms with E-state index in [1.54, 1.807) is 42.8 Å². The number of sulfone groups is 1. The van der Waals surface area contributed by atoms with Crippen molar-refractivity contribution in [3.63, 3.8) is 0 Å². The number of hydrogen-bond donors (Lipinski definition) is 1. The number of carbonyl (C=O) groups excluding carboxylic acids is 1. The van der Waals surface area contributed by atoms with Gasteiger partial charge in [0.05, 0.1) is 24.3 Å². The highest BCUT2D eigenvalue weighted by Crippen LogP contribution is 2.47. The average molecular weight is 472 g/mol. The number of anilines is 1. The Labute approximate surface area is 192 Å². The van der Waals surface area contributed by atoms with E-state index in [4.69, 9.17) is 9.47 Å². The number of hydrogen-bond acceptors (Lipinski definition) is 6. The van der Waals surface area contributed by atoms with Crippen LogP contribution in [0.15, 0.2) is 63.7 Å². The number of nitrogens with one attached hydrogen (secondary N) is 1. The van der Waals surface area contributed by atoms with Crippen molar-refractivity contribution in [1.29, 1.82) is 0 Å². The summed E-state index contributed by atoms with van der Waals surface area (Å²) in [6.07, 6.45) is 2.22. The molecule has 0 spiro atoms. The first-order chi connectivity index (χ1) is 15.5. The molecule has 1 atom stereocenters. The summed E-state index contributed by atoms with van der Waals surface area (Å²) in [6, 6.07) is 13.9. The van der Waals surface area contributed by atoms with Gasteiger partial charge in [0.15, 0.2) is 11.5 Å². The monoisotopic (exact) mass is 471 g/mol. The Bertz CT molecular complexity index is 1220. The number of carbonyl (C=O) groups is 1. The largest absolute Gasteiger partial charge is 0.493 e. The van der Waals surface area contributed by atoms with Gasteiger partial charge in [-0.15, -0.1) is 11.3 Å². The van der Waals surface area contributed by atoms with Gasteiger partial charge in [0.2, 0.25) is 15.7 Å². The lowest BCUT2D eigenvalue weighted by Crippen LogP contribution is -2.23. The lowest BCUT2D eigenvalue weighted by molar-refractivity contribution is -0.116. The normalized spacial score (nSPS) is 15.7. The zero-order valence-corrected chi connectivity index (χ0v) is 19.6. The fourth-order valence-corrected chi connectivity index (χ4v) is 6.67. The van der Waals surface area contributed by atoms with Crippen LogP contribution in [0.1, 0.15) is 42.5 Å². The molecule has 0 radical (unpaired) electrons. The molecule has 2 aromatic carbocycles. The van der Waals surface area contributed by atoms with E-state index >= 15 is 0 Å². The molecule has 4 rings (SSSR count). The van der Waals surface area contributed by atoms with Crippen LogP contribution in [0.25, 0.3) is 0 Å². The highest BCUT2D eigenvalue weighted by Gasteiger charge is 2.34. The van der Waals surface area contributed by atoms with E-state index in [2.05, 4.69) is 12.2 Å². The molecule has 1 N–H and O–H groups in total. The van der Waals surface area contributed by atoms with Crippen molar-refractivity contribution in [2.45, 2.75) is 41.9 Å². The summed E-state index contributed by atoms with van der Waals surface area (Å²) in [5.41, 5.74) is 1.26. The molecule has 0 saturated heterocycles. The maximum absolute atomic E-state index is 13.2. The molecule has 6 nitrogen and oxygen atoms in total. The third-order valence-corrected chi connectivity index (χ3v) is 8.48. The minimum atomic E-state index is -3.75. The number of benzene rings is 2. The zero-order chi connectivity index (χ0) is 22.7. The van der Waals surface area contributed by atoms with Crippen molar-refractivity contribution in [3.8, 4) is 11.5 Å². The first-order valence-corrected chi connectivity index (χ1v) is 12.8. The molecule has 1 aliphatic heterocycles. The molecule has 1 aliphatic rings. The van der Waals surface area contributed by atoms with Gasteiger partial charge in [-0.25, -0.2) is 8.42 Å².